The molecule has 3 N–H and O–H groups in total. The first kappa shape index (κ1) is 14.3. The van der Waals surface area contributed by atoms with Gasteiger partial charge in [0.1, 0.15) is 11.5 Å². The summed E-state index contributed by atoms with van der Waals surface area (Å²) in [5, 5.41) is 0. The normalized spacial score (nSPS) is 12.7. The molecule has 4 heteroatoms. The van der Waals surface area contributed by atoms with E-state index in [0.29, 0.717) is 0 Å². The minimum Gasteiger partial charge on any atom is -0.466 e. The van der Waals surface area contributed by atoms with E-state index in [9.17, 15) is 0 Å². The first-order chi connectivity index (χ1) is 9.04. The average Bonchev–Trinajstić information content (AvgIpc) is 2.63. The van der Waals surface area contributed by atoms with Gasteiger partial charge in [-0.3, -0.25) is 11.3 Å². The molecule has 2 aromatic rings. The van der Waals surface area contributed by atoms with Gasteiger partial charge in [-0.15, -0.1) is 0 Å². The third kappa shape index (κ3) is 2.91. The van der Waals surface area contributed by atoms with E-state index in [0.717, 1.165) is 28.0 Å². The van der Waals surface area contributed by atoms with Crippen LogP contribution in [0.5, 0.6) is 0 Å². The maximum atomic E-state index is 5.74. The molecule has 1 aromatic carbocycles. The van der Waals surface area contributed by atoms with Gasteiger partial charge in [0.25, 0.3) is 0 Å². The zero-order chi connectivity index (χ0) is 14.0. The maximum Gasteiger partial charge on any atom is 0.106 e. The molecule has 2 rings (SSSR count). The smallest absolute Gasteiger partial charge is 0.106 e. The number of hydrazine groups is 1. The summed E-state index contributed by atoms with van der Waals surface area (Å²) in [6.45, 7) is 6.04. The van der Waals surface area contributed by atoms with E-state index in [2.05, 4.69) is 34.3 Å². The lowest BCUT2D eigenvalue weighted by Gasteiger charge is -2.17. The summed E-state index contributed by atoms with van der Waals surface area (Å²) in [5.41, 5.74) is 6.47. The Hall–Kier alpha value is -1.10. The summed E-state index contributed by atoms with van der Waals surface area (Å²) in [6.07, 6.45) is 0.818. The predicted octanol–water partition coefficient (Wildman–Crippen LogP) is 3.71. The molecule has 0 amide bonds. The van der Waals surface area contributed by atoms with Gasteiger partial charge in [-0.2, -0.15) is 0 Å². The molecule has 0 saturated heterocycles. The SMILES string of the molecule is Cc1oc(C)c(C(Cc2ccccc2Br)NN)c1C. The zero-order valence-electron chi connectivity index (χ0n) is 11.5. The summed E-state index contributed by atoms with van der Waals surface area (Å²) in [6, 6.07) is 8.25. The van der Waals surface area contributed by atoms with Gasteiger partial charge >= 0.3 is 0 Å². The standard InChI is InChI=1S/C15H19BrN2O/c1-9-10(2)19-11(3)15(9)14(18-17)8-12-6-4-5-7-13(12)16/h4-7,14,18H,8,17H2,1-3H3. The van der Waals surface area contributed by atoms with Crippen LogP contribution in [0.3, 0.4) is 0 Å². The molecule has 19 heavy (non-hydrogen) atoms. The Labute approximate surface area is 122 Å². The predicted molar refractivity (Wildman–Crippen MR) is 80.8 cm³/mol. The van der Waals surface area contributed by atoms with Gasteiger partial charge in [-0.05, 0) is 44.4 Å². The van der Waals surface area contributed by atoms with E-state index in [1.54, 1.807) is 0 Å². The third-order valence-corrected chi connectivity index (χ3v) is 4.32. The Morgan fingerprint density at radius 3 is 2.42 bits per heavy atom. The molecule has 0 spiro atoms. The highest BCUT2D eigenvalue weighted by atomic mass is 79.9. The van der Waals surface area contributed by atoms with Crippen molar-refractivity contribution in [1.82, 2.24) is 5.43 Å². The molecule has 0 aliphatic carbocycles. The molecule has 3 nitrogen and oxygen atoms in total. The van der Waals surface area contributed by atoms with Crippen LogP contribution < -0.4 is 11.3 Å². The van der Waals surface area contributed by atoms with Gasteiger partial charge in [0.2, 0.25) is 0 Å². The number of nitrogens with two attached hydrogens (primary N) is 1. The fraction of sp³-hybridized carbons (Fsp3) is 0.333. The Balaban J connectivity index is 2.33. The van der Waals surface area contributed by atoms with Crippen LogP contribution in [0.15, 0.2) is 33.2 Å². The zero-order valence-corrected chi connectivity index (χ0v) is 13.0. The molecule has 1 aromatic heterocycles. The lowest BCUT2D eigenvalue weighted by molar-refractivity contribution is 0.484. The topological polar surface area (TPSA) is 51.2 Å². The number of aryl methyl sites for hydroxylation is 2. The fourth-order valence-corrected chi connectivity index (χ4v) is 2.90. The van der Waals surface area contributed by atoms with Crippen LogP contribution in [0.1, 0.15) is 34.3 Å². The number of benzene rings is 1. The summed E-state index contributed by atoms with van der Waals surface area (Å²) < 4.78 is 6.79. The Kier molecular flexibility index (Phi) is 4.45. The van der Waals surface area contributed by atoms with E-state index in [4.69, 9.17) is 10.3 Å². The van der Waals surface area contributed by atoms with Crippen LogP contribution in [-0.2, 0) is 6.42 Å². The third-order valence-electron chi connectivity index (χ3n) is 3.55. The largest absolute Gasteiger partial charge is 0.466 e. The molecule has 1 atom stereocenters. The Morgan fingerprint density at radius 2 is 1.89 bits per heavy atom. The monoisotopic (exact) mass is 322 g/mol. The van der Waals surface area contributed by atoms with Gasteiger partial charge < -0.3 is 4.42 Å². The highest BCUT2D eigenvalue weighted by Gasteiger charge is 2.21. The molecule has 0 aliphatic heterocycles. The fourth-order valence-electron chi connectivity index (χ4n) is 2.45. The summed E-state index contributed by atoms with van der Waals surface area (Å²) in [4.78, 5) is 0. The number of hydrogen-bond acceptors (Lipinski definition) is 3. The first-order valence-electron chi connectivity index (χ1n) is 6.30. The summed E-state index contributed by atoms with van der Waals surface area (Å²) in [5.74, 6) is 7.64. The van der Waals surface area contributed by atoms with Crippen LogP contribution in [0.25, 0.3) is 0 Å². The average molecular weight is 323 g/mol. The van der Waals surface area contributed by atoms with Crippen LogP contribution in [0.2, 0.25) is 0 Å². The second kappa shape index (κ2) is 5.90. The van der Waals surface area contributed by atoms with Crippen molar-refractivity contribution in [1.29, 1.82) is 0 Å². The molecule has 102 valence electrons. The molecule has 0 bridgehead atoms. The van der Waals surface area contributed by atoms with Gasteiger partial charge in [0.15, 0.2) is 0 Å². The lowest BCUT2D eigenvalue weighted by Crippen LogP contribution is -2.30. The molecule has 1 heterocycles. The number of rotatable bonds is 4. The van der Waals surface area contributed by atoms with Crippen molar-refractivity contribution in [3.05, 3.63) is 56.9 Å². The van der Waals surface area contributed by atoms with Gasteiger partial charge in [-0.1, -0.05) is 34.1 Å². The van der Waals surface area contributed by atoms with Gasteiger partial charge in [-0.25, -0.2) is 0 Å². The Bertz CT molecular complexity index is 578. The van der Waals surface area contributed by atoms with E-state index in [1.165, 1.54) is 11.1 Å². The van der Waals surface area contributed by atoms with Crippen molar-refractivity contribution >= 4 is 15.9 Å². The van der Waals surface area contributed by atoms with Crippen molar-refractivity contribution in [2.45, 2.75) is 33.2 Å². The maximum absolute atomic E-state index is 5.74. The van der Waals surface area contributed by atoms with Crippen LogP contribution in [0.4, 0.5) is 0 Å². The number of nitrogens with one attached hydrogen (secondary N) is 1. The molecular formula is C15H19BrN2O. The second-order valence-corrected chi connectivity index (χ2v) is 5.62. The molecule has 0 fully saturated rings. The Morgan fingerprint density at radius 1 is 1.21 bits per heavy atom. The molecule has 0 aliphatic rings. The van der Waals surface area contributed by atoms with Crippen molar-refractivity contribution in [2.24, 2.45) is 5.84 Å². The minimum absolute atomic E-state index is 0.0520. The van der Waals surface area contributed by atoms with Crippen LogP contribution in [0, 0.1) is 20.8 Å². The lowest BCUT2D eigenvalue weighted by atomic mass is 9.96. The molecule has 1 unspecified atom stereocenters. The highest BCUT2D eigenvalue weighted by Crippen LogP contribution is 2.30. The van der Waals surface area contributed by atoms with Crippen molar-refractivity contribution in [3.8, 4) is 0 Å². The van der Waals surface area contributed by atoms with Crippen molar-refractivity contribution in [2.75, 3.05) is 0 Å². The second-order valence-electron chi connectivity index (χ2n) is 4.77. The van der Waals surface area contributed by atoms with Gasteiger partial charge in [0, 0.05) is 10.0 Å². The van der Waals surface area contributed by atoms with E-state index >= 15 is 0 Å². The van der Waals surface area contributed by atoms with Crippen molar-refractivity contribution < 1.29 is 4.42 Å². The quantitative estimate of drug-likeness (QED) is 0.666. The number of furan rings is 1. The van der Waals surface area contributed by atoms with Crippen LogP contribution in [-0.4, -0.2) is 0 Å². The summed E-state index contributed by atoms with van der Waals surface area (Å²) >= 11 is 3.58. The summed E-state index contributed by atoms with van der Waals surface area (Å²) in [7, 11) is 0. The van der Waals surface area contributed by atoms with Crippen molar-refractivity contribution in [3.63, 3.8) is 0 Å². The molecule has 0 radical (unpaired) electrons. The van der Waals surface area contributed by atoms with E-state index in [-0.39, 0.29) is 6.04 Å². The minimum atomic E-state index is 0.0520. The van der Waals surface area contributed by atoms with Crippen LogP contribution >= 0.6 is 15.9 Å². The number of hydrogen-bond donors (Lipinski definition) is 2. The van der Waals surface area contributed by atoms with E-state index in [1.807, 2.05) is 32.0 Å². The molecular weight excluding hydrogens is 304 g/mol. The molecule has 0 saturated carbocycles. The highest BCUT2D eigenvalue weighted by molar-refractivity contribution is 9.10. The van der Waals surface area contributed by atoms with E-state index < -0.39 is 0 Å². The van der Waals surface area contributed by atoms with Gasteiger partial charge in [0.05, 0.1) is 6.04 Å². The number of halogens is 1. The first-order valence-corrected chi connectivity index (χ1v) is 7.10.